The van der Waals surface area contributed by atoms with E-state index in [1.165, 1.54) is 4.88 Å². The molecule has 3 rings (SSSR count). The molecule has 0 bridgehead atoms. The highest BCUT2D eigenvalue weighted by molar-refractivity contribution is 7.89. The van der Waals surface area contributed by atoms with Crippen LogP contribution < -0.4 is 4.72 Å². The highest BCUT2D eigenvalue weighted by Gasteiger charge is 2.37. The summed E-state index contributed by atoms with van der Waals surface area (Å²) in [6, 6.07) is 9.15. The van der Waals surface area contributed by atoms with Gasteiger partial charge in [0.15, 0.2) is 0 Å². The molecule has 2 aromatic rings. The van der Waals surface area contributed by atoms with E-state index in [-0.39, 0.29) is 10.3 Å². The molecule has 1 aliphatic carbocycles. The van der Waals surface area contributed by atoms with Gasteiger partial charge in [0.1, 0.15) is 0 Å². The van der Waals surface area contributed by atoms with Crippen LogP contribution in [0.2, 0.25) is 5.02 Å². The zero-order chi connectivity index (χ0) is 16.5. The van der Waals surface area contributed by atoms with E-state index in [2.05, 4.69) is 16.2 Å². The van der Waals surface area contributed by atoms with Gasteiger partial charge in [-0.25, -0.2) is 13.1 Å². The summed E-state index contributed by atoms with van der Waals surface area (Å²) in [6.45, 7) is 2.18. The Balaban J connectivity index is 1.85. The first-order valence-electron chi connectivity index (χ1n) is 7.73. The Morgan fingerprint density at radius 3 is 2.61 bits per heavy atom. The monoisotopic (exact) mass is 369 g/mol. The van der Waals surface area contributed by atoms with Crippen LogP contribution in [0.4, 0.5) is 0 Å². The molecule has 1 aromatic heterocycles. The third-order valence-electron chi connectivity index (χ3n) is 4.71. The summed E-state index contributed by atoms with van der Waals surface area (Å²) in [5, 5.41) is 2.53. The predicted octanol–water partition coefficient (Wildman–Crippen LogP) is 4.50. The lowest BCUT2D eigenvalue weighted by atomic mass is 9.85. The van der Waals surface area contributed by atoms with Crippen molar-refractivity contribution in [1.82, 2.24) is 4.72 Å². The highest BCUT2D eigenvalue weighted by atomic mass is 35.5. The van der Waals surface area contributed by atoms with Crippen LogP contribution in [0.25, 0.3) is 0 Å². The van der Waals surface area contributed by atoms with Crippen LogP contribution in [-0.4, -0.2) is 15.0 Å². The summed E-state index contributed by atoms with van der Waals surface area (Å²) in [4.78, 5) is 1.55. The summed E-state index contributed by atoms with van der Waals surface area (Å²) in [6.07, 6.45) is 4.36. The third-order valence-corrected chi connectivity index (χ3v) is 7.78. The predicted molar refractivity (Wildman–Crippen MR) is 95.8 cm³/mol. The van der Waals surface area contributed by atoms with Gasteiger partial charge in [-0.05, 0) is 48.9 Å². The van der Waals surface area contributed by atoms with Crippen LogP contribution in [0.1, 0.15) is 36.1 Å². The Kier molecular flexibility index (Phi) is 4.83. The minimum atomic E-state index is -3.56. The molecule has 1 heterocycles. The van der Waals surface area contributed by atoms with Gasteiger partial charge in [-0.3, -0.25) is 0 Å². The summed E-state index contributed by atoms with van der Waals surface area (Å²) in [7, 11) is -3.56. The minimum absolute atomic E-state index is 0.0618. The van der Waals surface area contributed by atoms with E-state index < -0.39 is 10.0 Å². The molecule has 0 unspecified atom stereocenters. The van der Waals surface area contributed by atoms with E-state index in [1.54, 1.807) is 36.5 Å². The fraction of sp³-hybridized carbons (Fsp3) is 0.412. The largest absolute Gasteiger partial charge is 0.240 e. The number of hydrogen-bond donors (Lipinski definition) is 1. The van der Waals surface area contributed by atoms with Gasteiger partial charge in [-0.15, -0.1) is 11.3 Å². The maximum absolute atomic E-state index is 12.7. The molecule has 0 atom stereocenters. The Bertz CT molecular complexity index is 779. The Morgan fingerprint density at radius 2 is 1.96 bits per heavy atom. The van der Waals surface area contributed by atoms with E-state index in [1.807, 2.05) is 6.07 Å². The lowest BCUT2D eigenvalue weighted by molar-refractivity contribution is 0.440. The summed E-state index contributed by atoms with van der Waals surface area (Å²) in [5.74, 6) is 0. The number of benzene rings is 1. The van der Waals surface area contributed by atoms with Crippen molar-refractivity contribution in [2.24, 2.45) is 0 Å². The van der Waals surface area contributed by atoms with Crippen LogP contribution in [0, 0.1) is 6.92 Å². The van der Waals surface area contributed by atoms with Crippen LogP contribution in [-0.2, 0) is 15.4 Å². The fourth-order valence-electron chi connectivity index (χ4n) is 3.33. The van der Waals surface area contributed by atoms with E-state index >= 15 is 0 Å². The fourth-order valence-corrected chi connectivity index (χ4v) is 5.94. The van der Waals surface area contributed by atoms with Crippen LogP contribution >= 0.6 is 22.9 Å². The zero-order valence-corrected chi connectivity index (χ0v) is 15.4. The number of sulfonamides is 1. The van der Waals surface area contributed by atoms with Crippen molar-refractivity contribution in [1.29, 1.82) is 0 Å². The molecule has 1 aromatic carbocycles. The molecule has 0 aliphatic heterocycles. The second kappa shape index (κ2) is 6.55. The van der Waals surface area contributed by atoms with Crippen LogP contribution in [0.15, 0.2) is 40.6 Å². The Morgan fingerprint density at radius 1 is 1.22 bits per heavy atom. The molecule has 6 heteroatoms. The van der Waals surface area contributed by atoms with Crippen LogP contribution in [0.5, 0.6) is 0 Å². The average molecular weight is 370 g/mol. The van der Waals surface area contributed by atoms with E-state index in [4.69, 9.17) is 11.6 Å². The van der Waals surface area contributed by atoms with Gasteiger partial charge in [-0.1, -0.05) is 36.6 Å². The molecular formula is C17H20ClNO2S2. The van der Waals surface area contributed by atoms with E-state index in [0.717, 1.165) is 25.7 Å². The smallest absolute Gasteiger partial charge is 0.210 e. The van der Waals surface area contributed by atoms with Crippen molar-refractivity contribution >= 4 is 33.0 Å². The molecule has 0 spiro atoms. The Hall–Kier alpha value is -0.880. The van der Waals surface area contributed by atoms with E-state index in [9.17, 15) is 8.42 Å². The molecule has 1 saturated carbocycles. The van der Waals surface area contributed by atoms with Gasteiger partial charge >= 0.3 is 0 Å². The second-order valence-corrected chi connectivity index (χ2v) is 9.24. The summed E-state index contributed by atoms with van der Waals surface area (Å²) >= 11 is 7.78. The first-order valence-corrected chi connectivity index (χ1v) is 10.5. The molecule has 23 heavy (non-hydrogen) atoms. The van der Waals surface area contributed by atoms with Gasteiger partial charge in [0.25, 0.3) is 0 Å². The second-order valence-electron chi connectivity index (χ2n) is 6.15. The van der Waals surface area contributed by atoms with Crippen molar-refractivity contribution in [3.63, 3.8) is 0 Å². The highest BCUT2D eigenvalue weighted by Crippen LogP contribution is 2.42. The molecule has 0 amide bonds. The molecule has 124 valence electrons. The maximum atomic E-state index is 12.7. The first-order chi connectivity index (χ1) is 10.9. The topological polar surface area (TPSA) is 46.2 Å². The molecule has 0 saturated heterocycles. The third kappa shape index (κ3) is 3.33. The molecule has 3 nitrogen and oxygen atoms in total. The molecule has 1 fully saturated rings. The maximum Gasteiger partial charge on any atom is 0.240 e. The number of nitrogens with one attached hydrogen (secondary N) is 1. The van der Waals surface area contributed by atoms with Crippen molar-refractivity contribution in [2.75, 3.05) is 6.54 Å². The van der Waals surface area contributed by atoms with Crippen LogP contribution in [0.3, 0.4) is 0 Å². The molecular weight excluding hydrogens is 350 g/mol. The molecule has 0 radical (unpaired) electrons. The number of hydrogen-bond acceptors (Lipinski definition) is 3. The first kappa shape index (κ1) is 17.0. The van der Waals surface area contributed by atoms with Crippen molar-refractivity contribution < 1.29 is 8.42 Å². The van der Waals surface area contributed by atoms with Gasteiger partial charge in [0, 0.05) is 21.9 Å². The minimum Gasteiger partial charge on any atom is -0.210 e. The average Bonchev–Trinajstić information content (AvgIpc) is 3.19. The van der Waals surface area contributed by atoms with Gasteiger partial charge in [-0.2, -0.15) is 0 Å². The van der Waals surface area contributed by atoms with Gasteiger partial charge in [0.05, 0.1) is 4.90 Å². The normalized spacial score (nSPS) is 17.5. The van der Waals surface area contributed by atoms with Crippen molar-refractivity contribution in [3.8, 4) is 0 Å². The summed E-state index contributed by atoms with van der Waals surface area (Å²) < 4.78 is 28.2. The molecule has 1 N–H and O–H groups in total. The van der Waals surface area contributed by atoms with Gasteiger partial charge in [0.2, 0.25) is 10.0 Å². The SMILES string of the molecule is Cc1c(Cl)cccc1S(=O)(=O)NCC1(c2cccs2)CCCC1. The number of halogens is 1. The van der Waals surface area contributed by atoms with Crippen molar-refractivity contribution in [2.45, 2.75) is 42.9 Å². The Labute approximate surface area is 146 Å². The molecule has 1 aliphatic rings. The van der Waals surface area contributed by atoms with Crippen molar-refractivity contribution in [3.05, 3.63) is 51.2 Å². The zero-order valence-electron chi connectivity index (χ0n) is 13.0. The van der Waals surface area contributed by atoms with Gasteiger partial charge < -0.3 is 0 Å². The lowest BCUT2D eigenvalue weighted by Gasteiger charge is -2.28. The quantitative estimate of drug-likeness (QED) is 0.843. The number of thiophene rings is 1. The van der Waals surface area contributed by atoms with E-state index in [0.29, 0.717) is 17.1 Å². The summed E-state index contributed by atoms with van der Waals surface area (Å²) in [5.41, 5.74) is 0.534. The number of rotatable bonds is 5. The lowest BCUT2D eigenvalue weighted by Crippen LogP contribution is -2.38. The standard InChI is InChI=1S/C17H20ClNO2S2/c1-13-14(18)6-4-7-15(13)23(20,21)19-12-17(9-2-3-10-17)16-8-5-11-22-16/h4-8,11,19H,2-3,9-10,12H2,1H3.